The zero-order valence-electron chi connectivity index (χ0n) is 16.7. The number of furan rings is 1. The number of piperidine rings is 1. The number of carbonyl (C=O) groups excluding carboxylic acids is 1. The Labute approximate surface area is 172 Å². The highest BCUT2D eigenvalue weighted by Crippen LogP contribution is 2.22. The van der Waals surface area contributed by atoms with Crippen molar-refractivity contribution in [3.05, 3.63) is 95.9 Å². The van der Waals surface area contributed by atoms with Gasteiger partial charge in [0.15, 0.2) is 18.3 Å². The van der Waals surface area contributed by atoms with Gasteiger partial charge in [-0.25, -0.2) is 0 Å². The summed E-state index contributed by atoms with van der Waals surface area (Å²) in [6.45, 7) is 2.16. The third-order valence-electron chi connectivity index (χ3n) is 5.87. The standard InChI is InChI=1S/C25H28N2O2/c28-24(27-15-13-21(14-16-27)18-20-8-3-1-4-9-20)19-26-25(23-12-7-17-29-23)22-10-5-2-6-11-22/h1-12,17,21,25-26H,13-16,18-19H2/p+1/t25-/m0/s1. The number of carbonyl (C=O) groups is 1. The lowest BCUT2D eigenvalue weighted by molar-refractivity contribution is -0.679. The Morgan fingerprint density at radius 2 is 1.66 bits per heavy atom. The molecule has 1 aromatic heterocycles. The fourth-order valence-corrected chi connectivity index (χ4v) is 4.23. The first-order chi connectivity index (χ1) is 14.3. The van der Waals surface area contributed by atoms with Crippen LogP contribution in [0.2, 0.25) is 0 Å². The van der Waals surface area contributed by atoms with Crippen molar-refractivity contribution in [1.82, 2.24) is 4.90 Å². The van der Waals surface area contributed by atoms with Gasteiger partial charge in [-0.2, -0.15) is 0 Å². The zero-order valence-corrected chi connectivity index (χ0v) is 16.7. The molecule has 150 valence electrons. The average molecular weight is 390 g/mol. The van der Waals surface area contributed by atoms with E-state index in [4.69, 9.17) is 4.42 Å². The number of nitrogens with zero attached hydrogens (tertiary/aromatic N) is 1. The minimum Gasteiger partial charge on any atom is -0.463 e. The van der Waals surface area contributed by atoms with Gasteiger partial charge in [-0.3, -0.25) is 4.79 Å². The highest BCUT2D eigenvalue weighted by atomic mass is 16.3. The smallest absolute Gasteiger partial charge is 0.277 e. The van der Waals surface area contributed by atoms with Gasteiger partial charge in [-0.05, 0) is 42.9 Å². The van der Waals surface area contributed by atoms with Crippen molar-refractivity contribution < 1.29 is 14.5 Å². The van der Waals surface area contributed by atoms with Gasteiger partial charge < -0.3 is 14.6 Å². The molecule has 4 rings (SSSR count). The van der Waals surface area contributed by atoms with Crippen molar-refractivity contribution >= 4 is 5.91 Å². The normalized spacial score (nSPS) is 15.9. The molecule has 2 heterocycles. The summed E-state index contributed by atoms with van der Waals surface area (Å²) in [6.07, 6.45) is 4.98. The van der Waals surface area contributed by atoms with Crippen molar-refractivity contribution in [3.63, 3.8) is 0 Å². The Morgan fingerprint density at radius 3 is 2.31 bits per heavy atom. The molecule has 2 N–H and O–H groups in total. The summed E-state index contributed by atoms with van der Waals surface area (Å²) in [4.78, 5) is 14.9. The van der Waals surface area contributed by atoms with Crippen LogP contribution >= 0.6 is 0 Å². The molecule has 2 aromatic carbocycles. The van der Waals surface area contributed by atoms with Crippen LogP contribution in [0.3, 0.4) is 0 Å². The van der Waals surface area contributed by atoms with E-state index in [9.17, 15) is 4.79 Å². The molecule has 1 fully saturated rings. The molecule has 4 nitrogen and oxygen atoms in total. The monoisotopic (exact) mass is 389 g/mol. The fraction of sp³-hybridized carbons (Fsp3) is 0.320. The van der Waals surface area contributed by atoms with Gasteiger partial charge in [0.25, 0.3) is 5.91 Å². The topological polar surface area (TPSA) is 50.1 Å². The van der Waals surface area contributed by atoms with Crippen molar-refractivity contribution in [2.24, 2.45) is 5.92 Å². The van der Waals surface area contributed by atoms with Gasteiger partial charge >= 0.3 is 0 Å². The Morgan fingerprint density at radius 1 is 0.966 bits per heavy atom. The van der Waals surface area contributed by atoms with Crippen LogP contribution in [0.5, 0.6) is 0 Å². The number of hydrogen-bond acceptors (Lipinski definition) is 2. The van der Waals surface area contributed by atoms with Gasteiger partial charge in [0.1, 0.15) is 0 Å². The van der Waals surface area contributed by atoms with Gasteiger partial charge in [-0.1, -0.05) is 60.7 Å². The number of likely N-dealkylation sites (tertiary alicyclic amines) is 1. The maximum absolute atomic E-state index is 12.8. The lowest BCUT2D eigenvalue weighted by atomic mass is 9.90. The zero-order chi connectivity index (χ0) is 19.9. The first kappa shape index (κ1) is 19.5. The van der Waals surface area contributed by atoms with E-state index in [-0.39, 0.29) is 11.9 Å². The SMILES string of the molecule is O=C(C[NH2+][C@@H](c1ccccc1)c1ccco1)N1CCC(Cc2ccccc2)CC1. The molecule has 0 radical (unpaired) electrons. The second-order valence-corrected chi connectivity index (χ2v) is 7.86. The number of nitrogens with two attached hydrogens (primary N) is 1. The lowest BCUT2D eigenvalue weighted by Crippen LogP contribution is -2.87. The van der Waals surface area contributed by atoms with Crippen molar-refractivity contribution in [3.8, 4) is 0 Å². The molecular weight excluding hydrogens is 360 g/mol. The van der Waals surface area contributed by atoms with Gasteiger partial charge in [0.05, 0.1) is 6.26 Å². The largest absolute Gasteiger partial charge is 0.463 e. The van der Waals surface area contributed by atoms with Gasteiger partial charge in [-0.15, -0.1) is 0 Å². The van der Waals surface area contributed by atoms with Gasteiger partial charge in [0, 0.05) is 18.7 Å². The second kappa shape index (κ2) is 9.57. The molecule has 1 aliphatic rings. The maximum Gasteiger partial charge on any atom is 0.277 e. The summed E-state index contributed by atoms with van der Waals surface area (Å²) in [5, 5.41) is 2.09. The summed E-state index contributed by atoms with van der Waals surface area (Å²) >= 11 is 0. The van der Waals surface area contributed by atoms with Crippen LogP contribution in [-0.2, 0) is 11.2 Å². The molecule has 0 bridgehead atoms. The van der Waals surface area contributed by atoms with E-state index in [0.717, 1.165) is 43.7 Å². The number of rotatable bonds is 7. The van der Waals surface area contributed by atoms with E-state index in [1.165, 1.54) is 5.56 Å². The third-order valence-corrected chi connectivity index (χ3v) is 5.87. The van der Waals surface area contributed by atoms with Crippen LogP contribution in [0.4, 0.5) is 0 Å². The maximum atomic E-state index is 12.8. The third kappa shape index (κ3) is 5.15. The highest BCUT2D eigenvalue weighted by molar-refractivity contribution is 5.77. The Balaban J connectivity index is 1.30. The first-order valence-corrected chi connectivity index (χ1v) is 10.5. The van der Waals surface area contributed by atoms with Crippen LogP contribution in [0.25, 0.3) is 0 Å². The van der Waals surface area contributed by atoms with E-state index < -0.39 is 0 Å². The molecule has 0 unspecified atom stereocenters. The predicted molar refractivity (Wildman–Crippen MR) is 113 cm³/mol. The fourth-order valence-electron chi connectivity index (χ4n) is 4.23. The molecule has 0 spiro atoms. The van der Waals surface area contributed by atoms with Crippen LogP contribution in [-0.4, -0.2) is 30.4 Å². The summed E-state index contributed by atoms with van der Waals surface area (Å²) in [7, 11) is 0. The molecule has 1 aliphatic heterocycles. The van der Waals surface area contributed by atoms with Crippen LogP contribution in [0.1, 0.15) is 35.8 Å². The number of benzene rings is 2. The van der Waals surface area contributed by atoms with Crippen molar-refractivity contribution in [2.45, 2.75) is 25.3 Å². The van der Waals surface area contributed by atoms with E-state index >= 15 is 0 Å². The summed E-state index contributed by atoms with van der Waals surface area (Å²) in [5.74, 6) is 1.77. The Hall–Kier alpha value is -2.85. The van der Waals surface area contributed by atoms with Crippen LogP contribution in [0, 0.1) is 5.92 Å². The first-order valence-electron chi connectivity index (χ1n) is 10.5. The van der Waals surface area contributed by atoms with Crippen LogP contribution in [0.15, 0.2) is 83.5 Å². The number of quaternary nitrogens is 1. The molecule has 1 saturated heterocycles. The number of hydrogen-bond donors (Lipinski definition) is 1. The van der Waals surface area contributed by atoms with Gasteiger partial charge in [0.2, 0.25) is 0 Å². The molecular formula is C25H29N2O2+. The Kier molecular flexibility index (Phi) is 6.42. The summed E-state index contributed by atoms with van der Waals surface area (Å²) < 4.78 is 5.64. The molecule has 4 heteroatoms. The summed E-state index contributed by atoms with van der Waals surface area (Å²) in [5.41, 5.74) is 2.55. The molecule has 1 amide bonds. The minimum absolute atomic E-state index is 0.00534. The minimum atomic E-state index is 0.00534. The average Bonchev–Trinajstić information content (AvgIpc) is 3.30. The second-order valence-electron chi connectivity index (χ2n) is 7.86. The van der Waals surface area contributed by atoms with E-state index in [2.05, 4.69) is 47.8 Å². The quantitative estimate of drug-likeness (QED) is 0.673. The summed E-state index contributed by atoms with van der Waals surface area (Å²) in [6, 6.07) is 24.8. The van der Waals surface area contributed by atoms with Crippen molar-refractivity contribution in [2.75, 3.05) is 19.6 Å². The molecule has 29 heavy (non-hydrogen) atoms. The molecule has 1 atom stereocenters. The highest BCUT2D eigenvalue weighted by Gasteiger charge is 2.26. The molecule has 3 aromatic rings. The Bertz CT molecular complexity index is 870. The molecule has 0 aliphatic carbocycles. The number of amides is 1. The molecule has 0 saturated carbocycles. The van der Waals surface area contributed by atoms with Crippen LogP contribution < -0.4 is 5.32 Å². The predicted octanol–water partition coefficient (Wildman–Crippen LogP) is 3.41. The van der Waals surface area contributed by atoms with Crippen molar-refractivity contribution in [1.29, 1.82) is 0 Å². The lowest BCUT2D eigenvalue weighted by Gasteiger charge is -2.32. The van der Waals surface area contributed by atoms with E-state index in [1.54, 1.807) is 6.26 Å². The van der Waals surface area contributed by atoms with E-state index in [0.29, 0.717) is 12.5 Å². The van der Waals surface area contributed by atoms with E-state index in [1.807, 2.05) is 35.2 Å².